The fraction of sp³-hybridized carbons (Fsp3) is 0.818. The van der Waals surface area contributed by atoms with Crippen molar-refractivity contribution in [2.24, 2.45) is 0 Å². The summed E-state index contributed by atoms with van der Waals surface area (Å²) < 4.78 is 0. The Morgan fingerprint density at radius 2 is 2.33 bits per heavy atom. The number of hydrogen-bond acceptors (Lipinski definition) is 1. The lowest BCUT2D eigenvalue weighted by Gasteiger charge is -2.18. The van der Waals surface area contributed by atoms with Gasteiger partial charge in [-0.15, -0.1) is 6.58 Å². The first-order valence-electron chi connectivity index (χ1n) is 5.15. The van der Waals surface area contributed by atoms with Gasteiger partial charge in [-0.3, -0.25) is 0 Å². The van der Waals surface area contributed by atoms with Crippen LogP contribution < -0.4 is 0 Å². The van der Waals surface area contributed by atoms with Gasteiger partial charge in [-0.1, -0.05) is 12.5 Å². The number of nitrogens with zero attached hydrogens (tertiary/aromatic N) is 1. The van der Waals surface area contributed by atoms with Crippen LogP contribution in [-0.2, 0) is 0 Å². The van der Waals surface area contributed by atoms with Gasteiger partial charge >= 0.3 is 0 Å². The van der Waals surface area contributed by atoms with Crippen LogP contribution in [-0.4, -0.2) is 24.5 Å². The molecule has 0 N–H and O–H groups in total. The molecule has 0 saturated carbocycles. The van der Waals surface area contributed by atoms with Crippen LogP contribution >= 0.6 is 0 Å². The number of unbranched alkanes of at least 4 members (excludes halogenated alkanes) is 2. The highest BCUT2D eigenvalue weighted by molar-refractivity contribution is 4.76. The van der Waals surface area contributed by atoms with Gasteiger partial charge in [0.1, 0.15) is 0 Å². The molecule has 70 valence electrons. The first-order chi connectivity index (χ1) is 5.84. The maximum absolute atomic E-state index is 3.73. The van der Waals surface area contributed by atoms with Crippen LogP contribution in [0.15, 0.2) is 12.7 Å². The molecule has 1 rings (SSSR count). The molecule has 1 saturated heterocycles. The molecule has 0 bridgehead atoms. The molecule has 12 heavy (non-hydrogen) atoms. The highest BCUT2D eigenvalue weighted by Crippen LogP contribution is 2.20. The van der Waals surface area contributed by atoms with E-state index in [4.69, 9.17) is 0 Å². The minimum atomic E-state index is 0.884. The maximum atomic E-state index is 3.73. The molecule has 1 heterocycles. The summed E-state index contributed by atoms with van der Waals surface area (Å²) in [7, 11) is 2.26. The zero-order chi connectivity index (χ0) is 8.81. The number of rotatable bonds is 5. The molecule has 1 heteroatoms. The van der Waals surface area contributed by atoms with Crippen molar-refractivity contribution in [3.63, 3.8) is 0 Å². The van der Waals surface area contributed by atoms with Crippen LogP contribution in [0.4, 0.5) is 0 Å². The van der Waals surface area contributed by atoms with Crippen molar-refractivity contribution in [3.8, 4) is 0 Å². The van der Waals surface area contributed by atoms with E-state index in [9.17, 15) is 0 Å². The van der Waals surface area contributed by atoms with Crippen LogP contribution in [0.5, 0.6) is 0 Å². The average Bonchev–Trinajstić information content (AvgIpc) is 2.46. The van der Waals surface area contributed by atoms with Gasteiger partial charge in [-0.25, -0.2) is 0 Å². The Morgan fingerprint density at radius 1 is 1.50 bits per heavy atom. The quantitative estimate of drug-likeness (QED) is 0.449. The predicted molar refractivity (Wildman–Crippen MR) is 54.3 cm³/mol. The van der Waals surface area contributed by atoms with Crippen molar-refractivity contribution in [2.75, 3.05) is 13.6 Å². The van der Waals surface area contributed by atoms with Gasteiger partial charge in [0.15, 0.2) is 0 Å². The van der Waals surface area contributed by atoms with Gasteiger partial charge in [0, 0.05) is 6.04 Å². The zero-order valence-corrected chi connectivity index (χ0v) is 8.26. The van der Waals surface area contributed by atoms with E-state index in [0.717, 1.165) is 6.04 Å². The third kappa shape index (κ3) is 2.98. The molecule has 0 aliphatic carbocycles. The topological polar surface area (TPSA) is 3.24 Å². The first-order valence-corrected chi connectivity index (χ1v) is 5.15. The summed E-state index contributed by atoms with van der Waals surface area (Å²) in [5.41, 5.74) is 0. The third-order valence-electron chi connectivity index (χ3n) is 2.87. The summed E-state index contributed by atoms with van der Waals surface area (Å²) >= 11 is 0. The van der Waals surface area contributed by atoms with Gasteiger partial charge in [0.05, 0.1) is 0 Å². The number of allylic oxidation sites excluding steroid dienone is 1. The van der Waals surface area contributed by atoms with E-state index in [0.29, 0.717) is 0 Å². The molecule has 1 aliphatic heterocycles. The molecule has 1 aliphatic rings. The molecule has 0 aromatic heterocycles. The summed E-state index contributed by atoms with van der Waals surface area (Å²) in [6, 6.07) is 0.884. The van der Waals surface area contributed by atoms with Crippen LogP contribution in [0, 0.1) is 0 Å². The molecule has 1 atom stereocenters. The molecule has 0 spiro atoms. The minimum absolute atomic E-state index is 0.884. The maximum Gasteiger partial charge on any atom is 0.00926 e. The van der Waals surface area contributed by atoms with E-state index < -0.39 is 0 Å². The van der Waals surface area contributed by atoms with E-state index >= 15 is 0 Å². The van der Waals surface area contributed by atoms with Crippen molar-refractivity contribution in [1.29, 1.82) is 0 Å². The fourth-order valence-corrected chi connectivity index (χ4v) is 2.01. The third-order valence-corrected chi connectivity index (χ3v) is 2.87. The predicted octanol–water partition coefficient (Wildman–Crippen LogP) is 2.83. The van der Waals surface area contributed by atoms with E-state index in [1.807, 2.05) is 6.08 Å². The van der Waals surface area contributed by atoms with E-state index in [1.165, 1.54) is 45.1 Å². The molecule has 0 unspecified atom stereocenters. The first kappa shape index (κ1) is 9.79. The smallest absolute Gasteiger partial charge is 0.00926 e. The minimum Gasteiger partial charge on any atom is -0.303 e. The summed E-state index contributed by atoms with van der Waals surface area (Å²) in [4.78, 5) is 2.51. The van der Waals surface area contributed by atoms with Crippen LogP contribution in [0.25, 0.3) is 0 Å². The average molecular weight is 167 g/mol. The Bertz CT molecular complexity index is 131. The monoisotopic (exact) mass is 167 g/mol. The molecule has 0 aromatic rings. The fourth-order valence-electron chi connectivity index (χ4n) is 2.01. The van der Waals surface area contributed by atoms with Crippen molar-refractivity contribution >= 4 is 0 Å². The zero-order valence-electron chi connectivity index (χ0n) is 8.26. The van der Waals surface area contributed by atoms with Crippen LogP contribution in [0.1, 0.15) is 38.5 Å². The molecule has 1 nitrogen and oxygen atoms in total. The Hall–Kier alpha value is -0.300. The lowest BCUT2D eigenvalue weighted by molar-refractivity contribution is 0.290. The summed E-state index contributed by atoms with van der Waals surface area (Å²) in [6.45, 7) is 5.05. The Labute approximate surface area is 76.5 Å². The largest absolute Gasteiger partial charge is 0.303 e. The lowest BCUT2D eigenvalue weighted by Crippen LogP contribution is -2.24. The van der Waals surface area contributed by atoms with Crippen molar-refractivity contribution in [1.82, 2.24) is 4.90 Å². The Morgan fingerprint density at radius 3 is 2.92 bits per heavy atom. The van der Waals surface area contributed by atoms with Gasteiger partial charge in [0.2, 0.25) is 0 Å². The SMILES string of the molecule is C=CCCCC[C@H]1CCCN1C. The van der Waals surface area contributed by atoms with Gasteiger partial charge < -0.3 is 4.90 Å². The number of hydrogen-bond donors (Lipinski definition) is 0. The second-order valence-corrected chi connectivity index (χ2v) is 3.85. The standard InChI is InChI=1S/C11H21N/c1-3-4-5-6-8-11-9-7-10-12(11)2/h3,11H,1,4-10H2,2H3/t11-/m0/s1. The van der Waals surface area contributed by atoms with Crippen LogP contribution in [0.3, 0.4) is 0 Å². The van der Waals surface area contributed by atoms with Crippen LogP contribution in [0.2, 0.25) is 0 Å². The van der Waals surface area contributed by atoms with E-state index in [2.05, 4.69) is 18.5 Å². The molecular weight excluding hydrogens is 146 g/mol. The second-order valence-electron chi connectivity index (χ2n) is 3.85. The van der Waals surface area contributed by atoms with Gasteiger partial charge in [-0.05, 0) is 45.7 Å². The van der Waals surface area contributed by atoms with Crippen molar-refractivity contribution in [3.05, 3.63) is 12.7 Å². The summed E-state index contributed by atoms with van der Waals surface area (Å²) in [5, 5.41) is 0. The van der Waals surface area contributed by atoms with Gasteiger partial charge in [-0.2, -0.15) is 0 Å². The second kappa shape index (κ2) is 5.36. The van der Waals surface area contributed by atoms with E-state index in [-0.39, 0.29) is 0 Å². The lowest BCUT2D eigenvalue weighted by atomic mass is 10.1. The van der Waals surface area contributed by atoms with Crippen molar-refractivity contribution < 1.29 is 0 Å². The van der Waals surface area contributed by atoms with E-state index in [1.54, 1.807) is 0 Å². The molecule has 0 radical (unpaired) electrons. The highest BCUT2D eigenvalue weighted by atomic mass is 15.1. The highest BCUT2D eigenvalue weighted by Gasteiger charge is 2.19. The molecule has 0 amide bonds. The summed E-state index contributed by atoms with van der Waals surface area (Å²) in [6.07, 6.45) is 10.1. The normalized spacial score (nSPS) is 24.6. The number of likely N-dealkylation sites (tertiary alicyclic amines) is 1. The molecule has 0 aromatic carbocycles. The Kier molecular flexibility index (Phi) is 4.37. The molecule has 1 fully saturated rings. The Balaban J connectivity index is 2.02. The van der Waals surface area contributed by atoms with Gasteiger partial charge in [0.25, 0.3) is 0 Å². The molecular formula is C11H21N. The summed E-state index contributed by atoms with van der Waals surface area (Å²) in [5.74, 6) is 0. The van der Waals surface area contributed by atoms with Crippen molar-refractivity contribution in [2.45, 2.75) is 44.6 Å².